The maximum absolute atomic E-state index is 10.8. The molecule has 0 aliphatic carbocycles. The third kappa shape index (κ3) is 4.79. The maximum atomic E-state index is 10.8. The van der Waals surface area contributed by atoms with Crippen molar-refractivity contribution in [2.24, 2.45) is 0 Å². The van der Waals surface area contributed by atoms with Crippen LogP contribution in [0.15, 0.2) is 0 Å². The van der Waals surface area contributed by atoms with E-state index in [9.17, 15) is 37.3 Å². The predicted octanol–water partition coefficient (Wildman–Crippen LogP) is -5.81. The average molecular weight is 358 g/mol. The minimum atomic E-state index is -5.25. The van der Waals surface area contributed by atoms with Crippen molar-refractivity contribution < 1.29 is 46.4 Å². The van der Waals surface area contributed by atoms with Gasteiger partial charge in [0.2, 0.25) is 0 Å². The van der Waals surface area contributed by atoms with Crippen LogP contribution in [0.3, 0.4) is 0 Å². The van der Waals surface area contributed by atoms with Crippen LogP contribution in [0, 0.1) is 0 Å². The van der Waals surface area contributed by atoms with Gasteiger partial charge in [0.15, 0.2) is 24.9 Å². The fourth-order valence-electron chi connectivity index (χ4n) is 1.38. The van der Waals surface area contributed by atoms with Crippen molar-refractivity contribution in [2.45, 2.75) is 24.9 Å². The van der Waals surface area contributed by atoms with Gasteiger partial charge in [-0.2, -0.15) is 16.8 Å². The van der Waals surface area contributed by atoms with Crippen LogP contribution < -0.4 is 0 Å². The zero-order valence-electron chi connectivity index (χ0n) is 8.34. The van der Waals surface area contributed by atoms with Crippen molar-refractivity contribution in [3.05, 3.63) is 0 Å². The number of hydrogen-bond acceptors (Lipinski definition) is 8. The van der Waals surface area contributed by atoms with Crippen LogP contribution in [0.5, 0.6) is 0 Å². The van der Waals surface area contributed by atoms with E-state index in [0.717, 1.165) is 0 Å². The summed E-state index contributed by atoms with van der Waals surface area (Å²) < 4.78 is 59.2. The summed E-state index contributed by atoms with van der Waals surface area (Å²) in [6, 6.07) is 0. The Hall–Kier alpha value is 1.58. The van der Waals surface area contributed by atoms with E-state index >= 15 is 0 Å². The average Bonchev–Trinajstić information content (AvgIpc) is 2.10. The van der Waals surface area contributed by atoms with Gasteiger partial charge in [-0.1, -0.05) is 0 Å². The monoisotopic (exact) mass is 358 g/mol. The Morgan fingerprint density at radius 1 is 0.600 bits per heavy atom. The first kappa shape index (κ1) is 23.8. The summed E-state index contributed by atoms with van der Waals surface area (Å²) in [5, 5.41) is 37.0. The minimum absolute atomic E-state index is 0. The molecule has 0 aromatic carbocycles. The molecule has 1 fully saturated rings. The van der Waals surface area contributed by atoms with Gasteiger partial charge in [0.1, 0.15) is 0 Å². The number of aliphatic hydroxyl groups excluding tert-OH is 4. The van der Waals surface area contributed by atoms with Crippen molar-refractivity contribution in [1.82, 2.24) is 8.61 Å². The van der Waals surface area contributed by atoms with Gasteiger partial charge >= 0.3 is 79.7 Å². The summed E-state index contributed by atoms with van der Waals surface area (Å²) in [7, 11) is -10.5. The van der Waals surface area contributed by atoms with E-state index in [1.54, 1.807) is 0 Å². The van der Waals surface area contributed by atoms with Crippen molar-refractivity contribution >= 4 is 79.7 Å². The van der Waals surface area contributed by atoms with Crippen molar-refractivity contribution in [3.63, 3.8) is 0 Å². The Bertz CT molecular complexity index is 459. The van der Waals surface area contributed by atoms with Crippen molar-refractivity contribution in [3.8, 4) is 0 Å². The first-order valence-corrected chi connectivity index (χ1v) is 6.92. The number of hydrogen-bond donors (Lipinski definition) is 6. The second-order valence-electron chi connectivity index (χ2n) is 3.27. The summed E-state index contributed by atoms with van der Waals surface area (Å²) in [6.45, 7) is 0. The molecular formula is C4H12N2Na2O10S2. The fraction of sp³-hybridized carbons (Fsp3) is 1.00. The molecule has 0 bridgehead atoms. The van der Waals surface area contributed by atoms with Crippen molar-refractivity contribution in [2.75, 3.05) is 0 Å². The molecule has 16 heteroatoms. The Morgan fingerprint density at radius 2 is 0.750 bits per heavy atom. The molecule has 1 heterocycles. The number of aliphatic hydroxyl groups is 4. The number of piperazine rings is 1. The second kappa shape index (κ2) is 7.91. The molecule has 4 atom stereocenters. The summed E-state index contributed by atoms with van der Waals surface area (Å²) in [4.78, 5) is 0. The predicted molar refractivity (Wildman–Crippen MR) is 65.1 cm³/mol. The van der Waals surface area contributed by atoms with Gasteiger partial charge in [0, 0.05) is 0 Å². The molecule has 1 aliphatic heterocycles. The topological polar surface area (TPSA) is 196 Å². The Morgan fingerprint density at radius 3 is 0.850 bits per heavy atom. The van der Waals surface area contributed by atoms with Crippen LogP contribution in [-0.2, 0) is 20.6 Å². The fourth-order valence-corrected chi connectivity index (χ4v) is 2.91. The molecule has 0 amide bonds. The molecule has 0 saturated carbocycles. The van der Waals surface area contributed by atoms with Crippen LogP contribution in [0.1, 0.15) is 0 Å². The molecule has 6 N–H and O–H groups in total. The van der Waals surface area contributed by atoms with E-state index in [1.165, 1.54) is 0 Å². The molecule has 112 valence electrons. The van der Waals surface area contributed by atoms with Gasteiger partial charge in [-0.05, 0) is 0 Å². The standard InChI is InChI=1S/C4H10N2O10S2.2Na.2H/c7-1-2(8)6(18(14,15)16)4(10)3(9)5(1)17(11,12)13;;;;/h1-4,7-10H,(H,11,12,13)(H,14,15,16);;;;. The first-order chi connectivity index (χ1) is 7.89. The summed E-state index contributed by atoms with van der Waals surface area (Å²) >= 11 is 0. The SMILES string of the molecule is O=S(=O)(O)N1C(O)C(O)N(S(=O)(=O)O)C(O)C1O.[NaH].[NaH]. The van der Waals surface area contributed by atoms with E-state index in [1.807, 2.05) is 0 Å². The molecule has 0 aromatic heterocycles. The van der Waals surface area contributed by atoms with Gasteiger partial charge in [0.25, 0.3) is 0 Å². The Labute approximate surface area is 158 Å². The van der Waals surface area contributed by atoms with Gasteiger partial charge in [-0.25, -0.2) is 0 Å². The summed E-state index contributed by atoms with van der Waals surface area (Å²) in [5.41, 5.74) is 0. The van der Waals surface area contributed by atoms with Crippen LogP contribution in [0.25, 0.3) is 0 Å². The third-order valence-corrected chi connectivity index (χ3v) is 4.04. The van der Waals surface area contributed by atoms with Crippen LogP contribution in [-0.4, -0.2) is 139 Å². The van der Waals surface area contributed by atoms with Gasteiger partial charge < -0.3 is 20.4 Å². The zero-order chi connectivity index (χ0) is 14.5. The molecular weight excluding hydrogens is 346 g/mol. The molecule has 1 saturated heterocycles. The van der Waals surface area contributed by atoms with E-state index in [2.05, 4.69) is 0 Å². The van der Waals surface area contributed by atoms with Crippen LogP contribution in [0.4, 0.5) is 0 Å². The molecule has 0 spiro atoms. The van der Waals surface area contributed by atoms with Crippen molar-refractivity contribution in [1.29, 1.82) is 0 Å². The molecule has 0 radical (unpaired) electrons. The Kier molecular flexibility index (Phi) is 9.43. The molecule has 20 heavy (non-hydrogen) atoms. The van der Waals surface area contributed by atoms with Gasteiger partial charge in [-0.15, -0.1) is 8.61 Å². The van der Waals surface area contributed by atoms with E-state index in [4.69, 9.17) is 9.11 Å². The number of rotatable bonds is 2. The van der Waals surface area contributed by atoms with Crippen LogP contribution >= 0.6 is 0 Å². The third-order valence-electron chi connectivity index (χ3n) is 2.11. The van der Waals surface area contributed by atoms with E-state index < -0.39 is 54.1 Å². The quantitative estimate of drug-likeness (QED) is 0.204. The summed E-state index contributed by atoms with van der Waals surface area (Å²) in [5.74, 6) is 0. The number of nitrogens with zero attached hydrogens (tertiary/aromatic N) is 2. The second-order valence-corrected chi connectivity index (χ2v) is 5.90. The van der Waals surface area contributed by atoms with E-state index in [-0.39, 0.29) is 59.1 Å². The summed E-state index contributed by atoms with van der Waals surface area (Å²) in [6.07, 6.45) is -10.6. The molecule has 0 aromatic rings. The van der Waals surface area contributed by atoms with Crippen LogP contribution in [0.2, 0.25) is 0 Å². The normalized spacial score (nSPS) is 33.1. The molecule has 4 unspecified atom stereocenters. The van der Waals surface area contributed by atoms with Gasteiger partial charge in [0.05, 0.1) is 0 Å². The molecule has 1 rings (SSSR count). The molecule has 1 aliphatic rings. The zero-order valence-corrected chi connectivity index (χ0v) is 9.97. The Balaban J connectivity index is 0. The first-order valence-electron chi connectivity index (χ1n) is 4.13. The van der Waals surface area contributed by atoms with E-state index in [0.29, 0.717) is 0 Å². The van der Waals surface area contributed by atoms with Gasteiger partial charge in [-0.3, -0.25) is 9.11 Å². The molecule has 12 nitrogen and oxygen atoms in total.